The van der Waals surface area contributed by atoms with E-state index in [4.69, 9.17) is 0 Å². The van der Waals surface area contributed by atoms with Crippen molar-refractivity contribution in [1.82, 2.24) is 0 Å². The smallest absolute Gasteiger partial charge is 0.0396 e. The van der Waals surface area contributed by atoms with Gasteiger partial charge in [-0.25, -0.2) is 0 Å². The van der Waals surface area contributed by atoms with Gasteiger partial charge in [-0.15, -0.1) is 0 Å². The highest BCUT2D eigenvalue weighted by molar-refractivity contribution is 9.08. The fraction of sp³-hybridized carbons (Fsp3) is 0.538. The molecule has 2 rings (SSSR count). The van der Waals surface area contributed by atoms with Crippen LogP contribution in [0.25, 0.3) is 0 Å². The van der Waals surface area contributed by atoms with E-state index in [1.54, 1.807) is 0 Å². The van der Waals surface area contributed by atoms with Crippen molar-refractivity contribution in [1.29, 1.82) is 0 Å². The van der Waals surface area contributed by atoms with Crippen LogP contribution in [-0.4, -0.2) is 24.6 Å². The molecule has 1 aliphatic rings. The fourth-order valence-corrected chi connectivity index (χ4v) is 3.38. The van der Waals surface area contributed by atoms with Crippen LogP contribution in [0.15, 0.2) is 18.2 Å². The Bertz CT molecular complexity index is 346. The molecule has 1 aliphatic heterocycles. The molecule has 0 aromatic heterocycles. The van der Waals surface area contributed by atoms with E-state index in [0.717, 1.165) is 5.33 Å². The molecular formula is C13H18BrNS. The summed E-state index contributed by atoms with van der Waals surface area (Å²) in [6.07, 6.45) is 1.31. The molecule has 1 heterocycles. The van der Waals surface area contributed by atoms with Crippen LogP contribution in [0.5, 0.6) is 0 Å². The molecule has 0 spiro atoms. The van der Waals surface area contributed by atoms with E-state index >= 15 is 0 Å². The summed E-state index contributed by atoms with van der Waals surface area (Å²) in [7, 11) is 0. The highest BCUT2D eigenvalue weighted by atomic mass is 79.9. The van der Waals surface area contributed by atoms with E-state index in [1.165, 1.54) is 47.8 Å². The second kappa shape index (κ2) is 5.97. The van der Waals surface area contributed by atoms with Gasteiger partial charge in [0, 0.05) is 29.9 Å². The summed E-state index contributed by atoms with van der Waals surface area (Å²) in [6, 6.07) is 6.80. The molecule has 1 nitrogen and oxygen atoms in total. The van der Waals surface area contributed by atoms with Crippen molar-refractivity contribution < 1.29 is 0 Å². The molecule has 3 heteroatoms. The van der Waals surface area contributed by atoms with Crippen molar-refractivity contribution in [2.24, 2.45) is 0 Å². The zero-order valence-corrected chi connectivity index (χ0v) is 12.1. The molecule has 0 saturated carbocycles. The topological polar surface area (TPSA) is 3.24 Å². The molecule has 1 fully saturated rings. The van der Waals surface area contributed by atoms with Gasteiger partial charge >= 0.3 is 0 Å². The summed E-state index contributed by atoms with van der Waals surface area (Å²) in [5, 5.41) is 0.948. The highest BCUT2D eigenvalue weighted by Crippen LogP contribution is 2.24. The molecule has 0 aliphatic carbocycles. The van der Waals surface area contributed by atoms with Crippen molar-refractivity contribution in [3.8, 4) is 0 Å². The third-order valence-corrected chi connectivity index (χ3v) is 4.67. The van der Waals surface area contributed by atoms with Crippen LogP contribution < -0.4 is 4.90 Å². The third-order valence-electron chi connectivity index (χ3n) is 2.98. The number of thioether (sulfide) groups is 1. The van der Waals surface area contributed by atoms with E-state index in [-0.39, 0.29) is 0 Å². The molecule has 0 bridgehead atoms. The molecule has 0 unspecified atom stereocenters. The monoisotopic (exact) mass is 299 g/mol. The Morgan fingerprint density at radius 1 is 1.31 bits per heavy atom. The largest absolute Gasteiger partial charge is 0.370 e. The quantitative estimate of drug-likeness (QED) is 0.764. The molecule has 1 aromatic rings. The minimum atomic E-state index is 0.948. The number of rotatable bonds is 2. The Balaban J connectivity index is 2.18. The Morgan fingerprint density at radius 3 is 2.94 bits per heavy atom. The maximum atomic E-state index is 3.51. The number of nitrogens with zero attached hydrogens (tertiary/aromatic N) is 1. The maximum Gasteiger partial charge on any atom is 0.0396 e. The summed E-state index contributed by atoms with van der Waals surface area (Å²) in [5.41, 5.74) is 4.20. The van der Waals surface area contributed by atoms with Gasteiger partial charge in [0.05, 0.1) is 0 Å². The van der Waals surface area contributed by atoms with Gasteiger partial charge in [-0.1, -0.05) is 28.1 Å². The van der Waals surface area contributed by atoms with Gasteiger partial charge in [0.15, 0.2) is 0 Å². The van der Waals surface area contributed by atoms with Crippen molar-refractivity contribution in [3.05, 3.63) is 29.3 Å². The Morgan fingerprint density at radius 2 is 2.19 bits per heavy atom. The van der Waals surface area contributed by atoms with Gasteiger partial charge in [-0.3, -0.25) is 0 Å². The maximum absolute atomic E-state index is 3.51. The summed E-state index contributed by atoms with van der Waals surface area (Å²) in [4.78, 5) is 2.54. The molecule has 16 heavy (non-hydrogen) atoms. The zero-order chi connectivity index (χ0) is 11.4. The summed E-state index contributed by atoms with van der Waals surface area (Å²) in [5.74, 6) is 2.58. The van der Waals surface area contributed by atoms with Crippen LogP contribution in [0.2, 0.25) is 0 Å². The lowest BCUT2D eigenvalue weighted by atomic mass is 10.1. The number of hydrogen-bond donors (Lipinski definition) is 0. The van der Waals surface area contributed by atoms with Gasteiger partial charge in [-0.05, 0) is 36.3 Å². The second-order valence-corrected chi connectivity index (χ2v) is 5.99. The summed E-state index contributed by atoms with van der Waals surface area (Å²) < 4.78 is 0. The van der Waals surface area contributed by atoms with E-state index in [9.17, 15) is 0 Å². The number of aryl methyl sites for hydroxylation is 1. The second-order valence-electron chi connectivity index (χ2n) is 4.21. The average Bonchev–Trinajstić information content (AvgIpc) is 2.57. The summed E-state index contributed by atoms with van der Waals surface area (Å²) >= 11 is 5.59. The lowest BCUT2D eigenvalue weighted by Gasteiger charge is -2.24. The van der Waals surface area contributed by atoms with Crippen molar-refractivity contribution in [2.45, 2.75) is 18.7 Å². The van der Waals surface area contributed by atoms with Gasteiger partial charge < -0.3 is 4.90 Å². The first-order valence-corrected chi connectivity index (χ1v) is 8.07. The molecular weight excluding hydrogens is 282 g/mol. The standard InChI is InChI=1S/C13H18BrNS/c1-11-9-12(10-14)3-4-13(11)15-5-2-7-16-8-6-15/h3-4,9H,2,5-8,10H2,1H3. The first-order chi connectivity index (χ1) is 7.81. The third kappa shape index (κ3) is 2.95. The molecule has 1 saturated heterocycles. The number of hydrogen-bond acceptors (Lipinski definition) is 2. The van der Waals surface area contributed by atoms with Crippen molar-refractivity contribution >= 4 is 33.4 Å². The van der Waals surface area contributed by atoms with Crippen LogP contribution in [0.4, 0.5) is 5.69 Å². The first kappa shape index (κ1) is 12.3. The highest BCUT2D eigenvalue weighted by Gasteiger charge is 2.11. The van der Waals surface area contributed by atoms with Gasteiger partial charge in [-0.2, -0.15) is 11.8 Å². The van der Waals surface area contributed by atoms with Crippen LogP contribution in [0.1, 0.15) is 17.5 Å². The summed E-state index contributed by atoms with van der Waals surface area (Å²) in [6.45, 7) is 4.63. The van der Waals surface area contributed by atoms with Crippen LogP contribution in [0.3, 0.4) is 0 Å². The predicted octanol–water partition coefficient (Wildman–Crippen LogP) is 3.83. The lowest BCUT2D eigenvalue weighted by molar-refractivity contribution is 0.813. The van der Waals surface area contributed by atoms with Gasteiger partial charge in [0.2, 0.25) is 0 Å². The van der Waals surface area contributed by atoms with E-state index in [2.05, 4.69) is 57.7 Å². The molecule has 0 N–H and O–H groups in total. The number of benzene rings is 1. The minimum absolute atomic E-state index is 0.948. The predicted molar refractivity (Wildman–Crippen MR) is 78.0 cm³/mol. The molecule has 88 valence electrons. The first-order valence-electron chi connectivity index (χ1n) is 5.79. The van der Waals surface area contributed by atoms with Crippen LogP contribution in [-0.2, 0) is 5.33 Å². The zero-order valence-electron chi connectivity index (χ0n) is 9.71. The Hall–Kier alpha value is -0.150. The van der Waals surface area contributed by atoms with E-state index in [0.29, 0.717) is 0 Å². The average molecular weight is 300 g/mol. The molecule has 1 aromatic carbocycles. The molecule has 0 atom stereocenters. The number of anilines is 1. The van der Waals surface area contributed by atoms with Crippen LogP contribution >= 0.6 is 27.7 Å². The fourth-order valence-electron chi connectivity index (χ4n) is 2.14. The SMILES string of the molecule is Cc1cc(CBr)ccc1N1CCCSCC1. The number of alkyl halides is 1. The molecule has 0 amide bonds. The van der Waals surface area contributed by atoms with Crippen molar-refractivity contribution in [3.63, 3.8) is 0 Å². The van der Waals surface area contributed by atoms with Gasteiger partial charge in [0.25, 0.3) is 0 Å². The Kier molecular flexibility index (Phi) is 4.59. The molecule has 0 radical (unpaired) electrons. The van der Waals surface area contributed by atoms with Crippen LogP contribution in [0, 0.1) is 6.92 Å². The lowest BCUT2D eigenvalue weighted by Crippen LogP contribution is -2.26. The normalized spacial score (nSPS) is 17.2. The van der Waals surface area contributed by atoms with Gasteiger partial charge in [0.1, 0.15) is 0 Å². The van der Waals surface area contributed by atoms with Crippen molar-refractivity contribution in [2.75, 3.05) is 29.5 Å². The van der Waals surface area contributed by atoms with E-state index in [1.807, 2.05) is 0 Å². The number of halogens is 1. The minimum Gasteiger partial charge on any atom is -0.370 e. The Labute approximate surface area is 111 Å². The van der Waals surface area contributed by atoms with E-state index < -0.39 is 0 Å².